The second-order valence-corrected chi connectivity index (χ2v) is 6.35. The normalized spacial score (nSPS) is 22.3. The Hall–Kier alpha value is -0.900. The van der Waals surface area contributed by atoms with Crippen molar-refractivity contribution in [1.29, 1.82) is 0 Å². The predicted octanol–water partition coefficient (Wildman–Crippen LogP) is 2.61. The highest BCUT2D eigenvalue weighted by atomic mass is 16.3. The summed E-state index contributed by atoms with van der Waals surface area (Å²) < 4.78 is 0. The van der Waals surface area contributed by atoms with E-state index in [4.69, 9.17) is 0 Å². The summed E-state index contributed by atoms with van der Waals surface area (Å²) in [6.07, 6.45) is 4.93. The van der Waals surface area contributed by atoms with Gasteiger partial charge in [-0.2, -0.15) is 0 Å². The van der Waals surface area contributed by atoms with E-state index in [2.05, 4.69) is 29.3 Å². The van der Waals surface area contributed by atoms with E-state index in [9.17, 15) is 5.11 Å². The van der Waals surface area contributed by atoms with Gasteiger partial charge in [-0.05, 0) is 44.3 Å². The van der Waals surface area contributed by atoms with Crippen LogP contribution in [0.5, 0.6) is 0 Å². The van der Waals surface area contributed by atoms with Gasteiger partial charge in [0, 0.05) is 13.1 Å². The molecular formula is C18H30N2O. The van der Waals surface area contributed by atoms with Crippen LogP contribution in [0, 0.1) is 5.92 Å². The molecule has 1 heterocycles. The minimum atomic E-state index is -0.315. The first-order valence-corrected chi connectivity index (χ1v) is 8.31. The van der Waals surface area contributed by atoms with Crippen molar-refractivity contribution < 1.29 is 5.11 Å². The number of nitrogens with one attached hydrogen (secondary N) is 1. The molecule has 1 aromatic carbocycles. The molecule has 0 radical (unpaired) electrons. The van der Waals surface area contributed by atoms with Crippen molar-refractivity contribution in [2.45, 2.75) is 38.1 Å². The number of hydrogen-bond donors (Lipinski definition) is 2. The Labute approximate surface area is 129 Å². The number of likely N-dealkylation sites (N-methyl/N-ethyl adjacent to an activating group) is 1. The standard InChI is InChI=1S/C18H30N2O/c1-3-7-16-10-12-20(14-16)13-11-18(15-21,19-2)17-8-5-4-6-9-17/h4-6,8-9,16,19,21H,3,7,10-15H2,1-2H3. The lowest BCUT2D eigenvalue weighted by Crippen LogP contribution is -2.46. The van der Waals surface area contributed by atoms with Crippen LogP contribution in [-0.2, 0) is 5.54 Å². The zero-order valence-corrected chi connectivity index (χ0v) is 13.5. The van der Waals surface area contributed by atoms with Gasteiger partial charge in [-0.3, -0.25) is 0 Å². The molecular weight excluding hydrogens is 260 g/mol. The van der Waals surface area contributed by atoms with E-state index in [1.165, 1.54) is 37.9 Å². The fourth-order valence-corrected chi connectivity index (χ4v) is 3.53. The highest BCUT2D eigenvalue weighted by Crippen LogP contribution is 2.27. The predicted molar refractivity (Wildman–Crippen MR) is 88.3 cm³/mol. The number of hydrogen-bond acceptors (Lipinski definition) is 3. The maximum Gasteiger partial charge on any atom is 0.0678 e. The molecule has 1 saturated heterocycles. The van der Waals surface area contributed by atoms with Gasteiger partial charge in [0.05, 0.1) is 12.1 Å². The third kappa shape index (κ3) is 4.06. The summed E-state index contributed by atoms with van der Waals surface area (Å²) in [7, 11) is 1.95. The first-order chi connectivity index (χ1) is 10.2. The van der Waals surface area contributed by atoms with Crippen LogP contribution < -0.4 is 5.32 Å². The van der Waals surface area contributed by atoms with Gasteiger partial charge < -0.3 is 15.3 Å². The molecule has 21 heavy (non-hydrogen) atoms. The summed E-state index contributed by atoms with van der Waals surface area (Å²) in [5.41, 5.74) is 0.865. The van der Waals surface area contributed by atoms with Gasteiger partial charge in [-0.15, -0.1) is 0 Å². The topological polar surface area (TPSA) is 35.5 Å². The van der Waals surface area contributed by atoms with E-state index in [0.717, 1.165) is 18.9 Å². The number of aliphatic hydroxyl groups excluding tert-OH is 1. The van der Waals surface area contributed by atoms with Crippen LogP contribution in [0.3, 0.4) is 0 Å². The maximum atomic E-state index is 9.96. The molecule has 3 heteroatoms. The summed E-state index contributed by atoms with van der Waals surface area (Å²) in [4.78, 5) is 2.56. The van der Waals surface area contributed by atoms with Crippen molar-refractivity contribution in [2.24, 2.45) is 5.92 Å². The molecule has 1 aliphatic heterocycles. The summed E-state index contributed by atoms with van der Waals surface area (Å²) in [6.45, 7) is 5.91. The van der Waals surface area contributed by atoms with Gasteiger partial charge in [0.15, 0.2) is 0 Å². The quantitative estimate of drug-likeness (QED) is 0.772. The van der Waals surface area contributed by atoms with E-state index in [1.807, 2.05) is 25.2 Å². The zero-order chi connectivity index (χ0) is 15.1. The van der Waals surface area contributed by atoms with Gasteiger partial charge in [0.1, 0.15) is 0 Å². The summed E-state index contributed by atoms with van der Waals surface area (Å²) in [6, 6.07) is 10.3. The lowest BCUT2D eigenvalue weighted by Gasteiger charge is -2.34. The Morgan fingerprint density at radius 1 is 1.33 bits per heavy atom. The second-order valence-electron chi connectivity index (χ2n) is 6.35. The van der Waals surface area contributed by atoms with Gasteiger partial charge >= 0.3 is 0 Å². The number of benzene rings is 1. The average Bonchev–Trinajstić information content (AvgIpc) is 2.98. The van der Waals surface area contributed by atoms with Crippen LogP contribution in [0.2, 0.25) is 0 Å². The van der Waals surface area contributed by atoms with Crippen molar-refractivity contribution in [3.05, 3.63) is 35.9 Å². The lowest BCUT2D eigenvalue weighted by atomic mass is 9.87. The molecule has 2 N–H and O–H groups in total. The molecule has 118 valence electrons. The van der Waals surface area contributed by atoms with Crippen LogP contribution in [0.4, 0.5) is 0 Å². The smallest absolute Gasteiger partial charge is 0.0678 e. The van der Waals surface area contributed by atoms with E-state index in [1.54, 1.807) is 0 Å². The minimum Gasteiger partial charge on any atom is -0.394 e. The highest BCUT2D eigenvalue weighted by molar-refractivity contribution is 5.24. The number of likely N-dealkylation sites (tertiary alicyclic amines) is 1. The molecule has 0 aromatic heterocycles. The van der Waals surface area contributed by atoms with Crippen LogP contribution in [0.15, 0.2) is 30.3 Å². The maximum absolute atomic E-state index is 9.96. The molecule has 0 bridgehead atoms. The van der Waals surface area contributed by atoms with E-state index in [-0.39, 0.29) is 12.1 Å². The van der Waals surface area contributed by atoms with Gasteiger partial charge in [0.25, 0.3) is 0 Å². The molecule has 0 amide bonds. The Bertz CT molecular complexity index is 403. The second kappa shape index (κ2) is 7.92. The molecule has 1 fully saturated rings. The first kappa shape index (κ1) is 16.5. The Balaban J connectivity index is 1.95. The van der Waals surface area contributed by atoms with Crippen LogP contribution in [0.1, 0.15) is 38.2 Å². The molecule has 0 aliphatic carbocycles. The molecule has 2 rings (SSSR count). The first-order valence-electron chi connectivity index (χ1n) is 8.31. The van der Waals surface area contributed by atoms with Crippen molar-refractivity contribution >= 4 is 0 Å². The third-order valence-corrected chi connectivity index (χ3v) is 5.00. The molecule has 1 aromatic rings. The molecule has 2 atom stereocenters. The van der Waals surface area contributed by atoms with Crippen LogP contribution in [-0.4, -0.2) is 43.3 Å². The number of rotatable bonds is 8. The van der Waals surface area contributed by atoms with E-state index in [0.29, 0.717) is 0 Å². The van der Waals surface area contributed by atoms with Gasteiger partial charge in [0.2, 0.25) is 0 Å². The Kier molecular flexibility index (Phi) is 6.22. The SMILES string of the molecule is CCCC1CCN(CCC(CO)(NC)c2ccccc2)C1. The Morgan fingerprint density at radius 3 is 2.71 bits per heavy atom. The summed E-state index contributed by atoms with van der Waals surface area (Å²) in [5, 5.41) is 13.3. The van der Waals surface area contributed by atoms with Crippen molar-refractivity contribution in [1.82, 2.24) is 10.2 Å². The monoisotopic (exact) mass is 290 g/mol. The molecule has 0 spiro atoms. The number of aliphatic hydroxyl groups is 1. The largest absolute Gasteiger partial charge is 0.394 e. The third-order valence-electron chi connectivity index (χ3n) is 5.00. The van der Waals surface area contributed by atoms with Gasteiger partial charge in [-0.25, -0.2) is 0 Å². The number of nitrogens with zero attached hydrogens (tertiary/aromatic N) is 1. The van der Waals surface area contributed by atoms with Crippen molar-refractivity contribution in [2.75, 3.05) is 33.3 Å². The Morgan fingerprint density at radius 2 is 2.10 bits per heavy atom. The molecule has 2 unspecified atom stereocenters. The summed E-state index contributed by atoms with van der Waals surface area (Å²) in [5.74, 6) is 0.879. The van der Waals surface area contributed by atoms with E-state index >= 15 is 0 Å². The molecule has 0 saturated carbocycles. The molecule has 1 aliphatic rings. The summed E-state index contributed by atoms with van der Waals surface area (Å²) >= 11 is 0. The van der Waals surface area contributed by atoms with Crippen molar-refractivity contribution in [3.8, 4) is 0 Å². The highest BCUT2D eigenvalue weighted by Gasteiger charge is 2.31. The van der Waals surface area contributed by atoms with Crippen molar-refractivity contribution in [3.63, 3.8) is 0 Å². The minimum absolute atomic E-state index is 0.139. The van der Waals surface area contributed by atoms with Gasteiger partial charge in [-0.1, -0.05) is 43.7 Å². The average molecular weight is 290 g/mol. The fourth-order valence-electron chi connectivity index (χ4n) is 3.53. The fraction of sp³-hybridized carbons (Fsp3) is 0.667. The zero-order valence-electron chi connectivity index (χ0n) is 13.5. The molecule has 3 nitrogen and oxygen atoms in total. The van der Waals surface area contributed by atoms with Crippen LogP contribution in [0.25, 0.3) is 0 Å². The lowest BCUT2D eigenvalue weighted by molar-refractivity contribution is 0.143. The van der Waals surface area contributed by atoms with Crippen LogP contribution >= 0.6 is 0 Å². The van der Waals surface area contributed by atoms with E-state index < -0.39 is 0 Å².